The molecule has 0 spiro atoms. The maximum absolute atomic E-state index is 13.7. The van der Waals surface area contributed by atoms with Crippen molar-refractivity contribution in [3.63, 3.8) is 0 Å². The van der Waals surface area contributed by atoms with Crippen molar-refractivity contribution in [2.24, 2.45) is 0 Å². The second kappa shape index (κ2) is 7.54. The van der Waals surface area contributed by atoms with Gasteiger partial charge >= 0.3 is 0 Å². The zero-order chi connectivity index (χ0) is 17.7. The van der Waals surface area contributed by atoms with E-state index in [0.717, 1.165) is 5.56 Å². The maximum atomic E-state index is 13.7. The number of halogens is 1. The Hall–Kier alpha value is -2.58. The molecule has 1 N–H and O–H groups in total. The summed E-state index contributed by atoms with van der Waals surface area (Å²) in [4.78, 5) is 0. The van der Waals surface area contributed by atoms with Crippen LogP contribution in [0.1, 0.15) is 11.5 Å². The van der Waals surface area contributed by atoms with Crippen molar-refractivity contribution in [1.82, 2.24) is 14.9 Å². The molecule has 0 aliphatic rings. The van der Waals surface area contributed by atoms with Crippen LogP contribution in [0.3, 0.4) is 0 Å². The van der Waals surface area contributed by atoms with E-state index >= 15 is 0 Å². The van der Waals surface area contributed by atoms with Gasteiger partial charge in [0.2, 0.25) is 15.9 Å². The lowest BCUT2D eigenvalue weighted by atomic mass is 10.2. The Kier molecular flexibility index (Phi) is 5.20. The van der Waals surface area contributed by atoms with Crippen molar-refractivity contribution in [3.8, 4) is 11.5 Å². The van der Waals surface area contributed by atoms with Crippen molar-refractivity contribution < 1.29 is 17.2 Å². The van der Waals surface area contributed by atoms with Gasteiger partial charge < -0.3 is 4.42 Å². The number of benzene rings is 2. The molecule has 0 saturated heterocycles. The van der Waals surface area contributed by atoms with Crippen LogP contribution in [0.15, 0.2) is 59.0 Å². The molecule has 0 fully saturated rings. The molecule has 0 aliphatic carbocycles. The number of sulfonamides is 1. The average molecular weight is 361 g/mol. The SMILES string of the molecule is O=S(=O)(CCc1ccccc1)NCc1nnc(-c2ccccc2F)o1. The van der Waals surface area contributed by atoms with E-state index in [1.165, 1.54) is 12.1 Å². The summed E-state index contributed by atoms with van der Waals surface area (Å²) in [6.07, 6.45) is 0.403. The van der Waals surface area contributed by atoms with Crippen molar-refractivity contribution in [1.29, 1.82) is 0 Å². The number of nitrogens with one attached hydrogen (secondary N) is 1. The van der Waals surface area contributed by atoms with Crippen molar-refractivity contribution in [2.45, 2.75) is 13.0 Å². The molecule has 0 unspecified atom stereocenters. The number of aromatic nitrogens is 2. The Labute approximate surface area is 144 Å². The molecule has 25 heavy (non-hydrogen) atoms. The molecule has 3 aromatic rings. The Morgan fingerprint density at radius 1 is 1.00 bits per heavy atom. The highest BCUT2D eigenvalue weighted by molar-refractivity contribution is 7.89. The van der Waals surface area contributed by atoms with Gasteiger partial charge in [-0.25, -0.2) is 17.5 Å². The predicted molar refractivity (Wildman–Crippen MR) is 90.5 cm³/mol. The third kappa shape index (κ3) is 4.71. The van der Waals surface area contributed by atoms with E-state index in [0.29, 0.717) is 6.42 Å². The Balaban J connectivity index is 1.59. The van der Waals surface area contributed by atoms with Gasteiger partial charge in [0.25, 0.3) is 5.89 Å². The summed E-state index contributed by atoms with van der Waals surface area (Å²) >= 11 is 0. The minimum atomic E-state index is -3.49. The molecule has 0 bridgehead atoms. The molecule has 1 aromatic heterocycles. The molecule has 0 aliphatic heterocycles. The third-order valence-electron chi connectivity index (χ3n) is 3.52. The predicted octanol–water partition coefficient (Wildman–Crippen LogP) is 2.54. The fourth-order valence-corrected chi connectivity index (χ4v) is 3.20. The lowest BCUT2D eigenvalue weighted by Gasteiger charge is -2.04. The summed E-state index contributed by atoms with van der Waals surface area (Å²) in [5, 5.41) is 7.49. The van der Waals surface area contributed by atoms with Crippen LogP contribution in [-0.2, 0) is 23.0 Å². The van der Waals surface area contributed by atoms with E-state index in [4.69, 9.17) is 4.42 Å². The molecule has 0 atom stereocenters. The van der Waals surface area contributed by atoms with Gasteiger partial charge in [0.15, 0.2) is 0 Å². The second-order valence-corrected chi connectivity index (χ2v) is 7.28. The summed E-state index contributed by atoms with van der Waals surface area (Å²) in [7, 11) is -3.49. The van der Waals surface area contributed by atoms with E-state index < -0.39 is 15.8 Å². The van der Waals surface area contributed by atoms with Gasteiger partial charge in [-0.15, -0.1) is 10.2 Å². The Bertz CT molecular complexity index is 943. The largest absolute Gasteiger partial charge is 0.419 e. The molecule has 2 aromatic carbocycles. The minimum absolute atomic E-state index is 0.0107. The smallest absolute Gasteiger partial charge is 0.250 e. The lowest BCUT2D eigenvalue weighted by molar-refractivity contribution is 0.490. The summed E-state index contributed by atoms with van der Waals surface area (Å²) in [6, 6.07) is 15.3. The molecule has 8 heteroatoms. The molecule has 6 nitrogen and oxygen atoms in total. The van der Waals surface area contributed by atoms with Crippen LogP contribution in [0, 0.1) is 5.82 Å². The van der Waals surface area contributed by atoms with E-state index in [2.05, 4.69) is 14.9 Å². The molecule has 1 heterocycles. The summed E-state index contributed by atoms with van der Waals surface area (Å²) in [6.45, 7) is -0.140. The lowest BCUT2D eigenvalue weighted by Crippen LogP contribution is -2.27. The first kappa shape index (κ1) is 17.2. The molecule has 0 amide bonds. The van der Waals surface area contributed by atoms with Crippen molar-refractivity contribution in [3.05, 3.63) is 71.9 Å². The van der Waals surface area contributed by atoms with Crippen molar-refractivity contribution in [2.75, 3.05) is 5.75 Å². The number of nitrogens with zero attached hydrogens (tertiary/aromatic N) is 2. The number of aryl methyl sites for hydroxylation is 1. The van der Waals surface area contributed by atoms with E-state index in [1.54, 1.807) is 12.1 Å². The maximum Gasteiger partial charge on any atom is 0.250 e. The van der Waals surface area contributed by atoms with Gasteiger partial charge in [0.1, 0.15) is 5.82 Å². The van der Waals surface area contributed by atoms with Gasteiger partial charge in [-0.05, 0) is 24.1 Å². The first-order valence-corrected chi connectivity index (χ1v) is 9.27. The van der Waals surface area contributed by atoms with E-state index in [1.807, 2.05) is 30.3 Å². The molecule has 130 valence electrons. The Morgan fingerprint density at radius 2 is 1.72 bits per heavy atom. The fourth-order valence-electron chi connectivity index (χ4n) is 2.21. The normalized spacial score (nSPS) is 11.6. The van der Waals surface area contributed by atoms with Gasteiger partial charge in [0, 0.05) is 0 Å². The zero-order valence-electron chi connectivity index (χ0n) is 13.2. The quantitative estimate of drug-likeness (QED) is 0.699. The number of rotatable bonds is 7. The molecule has 0 radical (unpaired) electrons. The highest BCUT2D eigenvalue weighted by Gasteiger charge is 2.15. The molecule has 0 saturated carbocycles. The van der Waals surface area contributed by atoms with E-state index in [-0.39, 0.29) is 29.6 Å². The van der Waals surface area contributed by atoms with Crippen LogP contribution in [0.2, 0.25) is 0 Å². The summed E-state index contributed by atoms with van der Waals surface area (Å²) in [5.74, 6) is -0.454. The topological polar surface area (TPSA) is 85.1 Å². The Morgan fingerprint density at radius 3 is 2.48 bits per heavy atom. The van der Waals surface area contributed by atoms with Crippen LogP contribution in [0.4, 0.5) is 4.39 Å². The molecular formula is C17H16FN3O3S. The average Bonchev–Trinajstić information content (AvgIpc) is 3.09. The van der Waals surface area contributed by atoms with Crippen LogP contribution < -0.4 is 4.72 Å². The minimum Gasteiger partial charge on any atom is -0.419 e. The van der Waals surface area contributed by atoms with Crippen molar-refractivity contribution >= 4 is 10.0 Å². The van der Waals surface area contributed by atoms with Crippen LogP contribution in [-0.4, -0.2) is 24.4 Å². The van der Waals surface area contributed by atoms with Crippen LogP contribution in [0.25, 0.3) is 11.5 Å². The van der Waals surface area contributed by atoms with Gasteiger partial charge in [-0.3, -0.25) is 0 Å². The summed E-state index contributed by atoms with van der Waals surface area (Å²) in [5.41, 5.74) is 1.11. The van der Waals surface area contributed by atoms with Crippen LogP contribution in [0.5, 0.6) is 0 Å². The first-order chi connectivity index (χ1) is 12.0. The highest BCUT2D eigenvalue weighted by Crippen LogP contribution is 2.20. The highest BCUT2D eigenvalue weighted by atomic mass is 32.2. The number of hydrogen-bond acceptors (Lipinski definition) is 5. The second-order valence-electron chi connectivity index (χ2n) is 5.36. The standard InChI is InChI=1S/C17H16FN3O3S/c18-15-9-5-4-8-14(15)17-21-20-16(24-17)12-19-25(22,23)11-10-13-6-2-1-3-7-13/h1-9,19H,10-12H2. The van der Waals surface area contributed by atoms with Gasteiger partial charge in [-0.1, -0.05) is 42.5 Å². The molecule has 3 rings (SSSR count). The van der Waals surface area contributed by atoms with E-state index in [9.17, 15) is 12.8 Å². The first-order valence-electron chi connectivity index (χ1n) is 7.62. The van der Waals surface area contributed by atoms with Gasteiger partial charge in [0.05, 0.1) is 17.9 Å². The third-order valence-corrected chi connectivity index (χ3v) is 4.84. The van der Waals surface area contributed by atoms with Gasteiger partial charge in [-0.2, -0.15) is 0 Å². The molecular weight excluding hydrogens is 345 g/mol. The summed E-state index contributed by atoms with van der Waals surface area (Å²) < 4.78 is 45.5. The zero-order valence-corrected chi connectivity index (χ0v) is 14.0. The fraction of sp³-hybridized carbons (Fsp3) is 0.176. The number of hydrogen-bond donors (Lipinski definition) is 1. The monoisotopic (exact) mass is 361 g/mol. The van der Waals surface area contributed by atoms with Crippen LogP contribution >= 0.6 is 0 Å².